The monoisotopic (exact) mass is 352 g/mol. The summed E-state index contributed by atoms with van der Waals surface area (Å²) in [6.45, 7) is 4.24. The maximum Gasteiger partial charge on any atom is 0.251 e. The minimum Gasteiger partial charge on any atom is -0.357 e. The number of nitrogens with one attached hydrogen (secondary N) is 3. The van der Waals surface area contributed by atoms with E-state index in [4.69, 9.17) is 0 Å². The first-order chi connectivity index (χ1) is 12.7. The van der Waals surface area contributed by atoms with E-state index in [0.29, 0.717) is 12.1 Å². The molecule has 3 N–H and O–H groups in total. The van der Waals surface area contributed by atoms with E-state index in [1.54, 1.807) is 13.1 Å². The number of nitrogens with zero attached hydrogens (tertiary/aromatic N) is 1. The summed E-state index contributed by atoms with van der Waals surface area (Å²) in [5.74, 6) is 0.715. The summed E-state index contributed by atoms with van der Waals surface area (Å²) in [6, 6.07) is 18.0. The molecule has 2 rings (SSSR count). The topological polar surface area (TPSA) is 65.5 Å². The van der Waals surface area contributed by atoms with Gasteiger partial charge in [0, 0.05) is 25.7 Å². The smallest absolute Gasteiger partial charge is 0.251 e. The fourth-order valence-corrected chi connectivity index (χ4v) is 2.61. The molecule has 0 radical (unpaired) electrons. The lowest BCUT2D eigenvalue weighted by Gasteiger charge is -2.11. The molecule has 138 valence electrons. The number of hydrogen-bond donors (Lipinski definition) is 3. The molecule has 0 bridgehead atoms. The van der Waals surface area contributed by atoms with Gasteiger partial charge in [-0.1, -0.05) is 42.5 Å². The van der Waals surface area contributed by atoms with Crippen LogP contribution in [0.2, 0.25) is 0 Å². The number of carbonyl (C=O) groups is 1. The van der Waals surface area contributed by atoms with Gasteiger partial charge in [-0.15, -0.1) is 0 Å². The first kappa shape index (κ1) is 19.5. The zero-order valence-corrected chi connectivity index (χ0v) is 15.6. The normalized spacial score (nSPS) is 11.1. The highest BCUT2D eigenvalue weighted by molar-refractivity contribution is 5.94. The number of rotatable bonds is 8. The second-order valence-corrected chi connectivity index (χ2v) is 5.99. The van der Waals surface area contributed by atoms with Gasteiger partial charge in [-0.05, 0) is 43.0 Å². The predicted molar refractivity (Wildman–Crippen MR) is 107 cm³/mol. The van der Waals surface area contributed by atoms with Crippen LogP contribution in [0.3, 0.4) is 0 Å². The molecule has 0 fully saturated rings. The van der Waals surface area contributed by atoms with Gasteiger partial charge < -0.3 is 16.0 Å². The Hall–Kier alpha value is -2.82. The highest BCUT2D eigenvalue weighted by atomic mass is 16.1. The molecule has 0 heterocycles. The lowest BCUT2D eigenvalue weighted by Crippen LogP contribution is -2.37. The van der Waals surface area contributed by atoms with E-state index < -0.39 is 0 Å². The number of benzene rings is 2. The molecule has 1 amide bonds. The van der Waals surface area contributed by atoms with Crippen LogP contribution in [0.5, 0.6) is 0 Å². The molecular weight excluding hydrogens is 324 g/mol. The van der Waals surface area contributed by atoms with Crippen molar-refractivity contribution in [3.8, 4) is 0 Å². The quantitative estimate of drug-likeness (QED) is 0.389. The van der Waals surface area contributed by atoms with Crippen LogP contribution in [0.1, 0.15) is 34.8 Å². The highest BCUT2D eigenvalue weighted by Crippen LogP contribution is 2.07. The largest absolute Gasteiger partial charge is 0.357 e. The molecule has 0 aliphatic rings. The van der Waals surface area contributed by atoms with Gasteiger partial charge in [0.1, 0.15) is 0 Å². The molecule has 0 unspecified atom stereocenters. The zero-order valence-electron chi connectivity index (χ0n) is 15.6. The van der Waals surface area contributed by atoms with Crippen LogP contribution in [0, 0.1) is 0 Å². The third-order valence-corrected chi connectivity index (χ3v) is 3.96. The molecule has 0 aromatic heterocycles. The van der Waals surface area contributed by atoms with E-state index in [9.17, 15) is 4.79 Å². The molecule has 2 aromatic carbocycles. The fourth-order valence-electron chi connectivity index (χ4n) is 2.61. The second-order valence-electron chi connectivity index (χ2n) is 5.99. The Kier molecular flexibility index (Phi) is 8.19. The minimum absolute atomic E-state index is 0.0817. The summed E-state index contributed by atoms with van der Waals surface area (Å²) >= 11 is 0. The summed E-state index contributed by atoms with van der Waals surface area (Å²) in [5.41, 5.74) is 3.01. The lowest BCUT2D eigenvalue weighted by molar-refractivity contribution is 0.0963. The Morgan fingerprint density at radius 1 is 1.00 bits per heavy atom. The Morgan fingerprint density at radius 2 is 1.77 bits per heavy atom. The molecular formula is C21H28N4O. The maximum atomic E-state index is 11.7. The van der Waals surface area contributed by atoms with Crippen molar-refractivity contribution in [2.45, 2.75) is 26.3 Å². The molecule has 26 heavy (non-hydrogen) atoms. The third kappa shape index (κ3) is 6.59. The summed E-state index contributed by atoms with van der Waals surface area (Å²) in [6.07, 6.45) is 2.09. The van der Waals surface area contributed by atoms with Gasteiger partial charge >= 0.3 is 0 Å². The Balaban J connectivity index is 1.86. The Morgan fingerprint density at radius 3 is 2.50 bits per heavy atom. The van der Waals surface area contributed by atoms with Crippen molar-refractivity contribution in [2.75, 3.05) is 20.1 Å². The van der Waals surface area contributed by atoms with Gasteiger partial charge in [-0.25, -0.2) is 4.99 Å². The molecule has 0 aliphatic heterocycles. The van der Waals surface area contributed by atoms with Crippen LogP contribution in [0.4, 0.5) is 0 Å². The number of hydrogen-bond acceptors (Lipinski definition) is 2. The van der Waals surface area contributed by atoms with Crippen molar-refractivity contribution < 1.29 is 4.79 Å². The Bertz CT molecular complexity index is 713. The highest BCUT2D eigenvalue weighted by Gasteiger charge is 2.04. The summed E-state index contributed by atoms with van der Waals surface area (Å²) in [5, 5.41) is 9.27. The molecule has 0 saturated carbocycles. The molecule has 0 spiro atoms. The van der Waals surface area contributed by atoms with Crippen molar-refractivity contribution in [1.82, 2.24) is 16.0 Å². The standard InChI is InChI=1S/C21H28N4O/c1-3-23-21(24-14-8-12-17-9-5-4-6-10-17)25-16-18-11-7-13-19(15-18)20(26)22-2/h4-7,9-11,13,15H,3,8,12,14,16H2,1-2H3,(H,22,26)(H2,23,24,25). The van der Waals surface area contributed by atoms with Gasteiger partial charge in [0.2, 0.25) is 0 Å². The van der Waals surface area contributed by atoms with E-state index >= 15 is 0 Å². The molecule has 2 aromatic rings. The van der Waals surface area contributed by atoms with Crippen LogP contribution in [-0.2, 0) is 13.0 Å². The van der Waals surface area contributed by atoms with Crippen LogP contribution < -0.4 is 16.0 Å². The third-order valence-electron chi connectivity index (χ3n) is 3.96. The number of guanidine groups is 1. The number of amides is 1. The SMILES string of the molecule is CCNC(=NCc1cccc(C(=O)NC)c1)NCCCc1ccccc1. The average molecular weight is 352 g/mol. The van der Waals surface area contributed by atoms with Crippen molar-refractivity contribution >= 4 is 11.9 Å². The van der Waals surface area contributed by atoms with Crippen molar-refractivity contribution in [3.05, 3.63) is 71.3 Å². The van der Waals surface area contributed by atoms with E-state index in [-0.39, 0.29) is 5.91 Å². The molecule has 0 aliphatic carbocycles. The van der Waals surface area contributed by atoms with Gasteiger partial charge in [-0.3, -0.25) is 4.79 Å². The van der Waals surface area contributed by atoms with E-state index in [1.165, 1.54) is 5.56 Å². The van der Waals surface area contributed by atoms with Gasteiger partial charge in [0.05, 0.1) is 6.54 Å². The molecule has 0 atom stereocenters. The number of aryl methyl sites for hydroxylation is 1. The van der Waals surface area contributed by atoms with Gasteiger partial charge in [0.25, 0.3) is 5.91 Å². The zero-order chi connectivity index (χ0) is 18.6. The van der Waals surface area contributed by atoms with E-state index in [2.05, 4.69) is 45.2 Å². The first-order valence-electron chi connectivity index (χ1n) is 9.10. The van der Waals surface area contributed by atoms with E-state index in [0.717, 1.165) is 37.5 Å². The van der Waals surface area contributed by atoms with Crippen LogP contribution in [-0.4, -0.2) is 32.0 Å². The van der Waals surface area contributed by atoms with Gasteiger partial charge in [0.15, 0.2) is 5.96 Å². The predicted octanol–water partition coefficient (Wildman–Crippen LogP) is 2.73. The number of carbonyl (C=O) groups excluding carboxylic acids is 1. The van der Waals surface area contributed by atoms with Crippen molar-refractivity contribution in [2.24, 2.45) is 4.99 Å². The minimum atomic E-state index is -0.0817. The number of aliphatic imine (C=N–C) groups is 1. The summed E-state index contributed by atoms with van der Waals surface area (Å²) in [7, 11) is 1.63. The molecule has 5 nitrogen and oxygen atoms in total. The lowest BCUT2D eigenvalue weighted by atomic mass is 10.1. The van der Waals surface area contributed by atoms with E-state index in [1.807, 2.05) is 31.2 Å². The van der Waals surface area contributed by atoms with Crippen LogP contribution in [0.25, 0.3) is 0 Å². The second kappa shape index (κ2) is 10.9. The van der Waals surface area contributed by atoms with Crippen LogP contribution >= 0.6 is 0 Å². The van der Waals surface area contributed by atoms with Crippen molar-refractivity contribution in [3.63, 3.8) is 0 Å². The maximum absolute atomic E-state index is 11.7. The van der Waals surface area contributed by atoms with Crippen molar-refractivity contribution in [1.29, 1.82) is 0 Å². The Labute approximate surface area is 155 Å². The summed E-state index contributed by atoms with van der Waals surface area (Å²) < 4.78 is 0. The molecule has 0 saturated heterocycles. The first-order valence-corrected chi connectivity index (χ1v) is 9.10. The fraction of sp³-hybridized carbons (Fsp3) is 0.333. The summed E-state index contributed by atoms with van der Waals surface area (Å²) in [4.78, 5) is 16.3. The average Bonchev–Trinajstić information content (AvgIpc) is 2.69. The van der Waals surface area contributed by atoms with Crippen LogP contribution in [0.15, 0.2) is 59.6 Å². The van der Waals surface area contributed by atoms with Gasteiger partial charge in [-0.2, -0.15) is 0 Å². The molecule has 5 heteroatoms.